The number of carbonyl (C=O) groups excluding carboxylic acids is 1. The second-order valence-corrected chi connectivity index (χ2v) is 7.70. The lowest BCUT2D eigenvalue weighted by molar-refractivity contribution is -0.121. The molecule has 0 bridgehead atoms. The summed E-state index contributed by atoms with van der Waals surface area (Å²) in [6.45, 7) is 5.00. The highest BCUT2D eigenvalue weighted by Gasteiger charge is 2.11. The summed E-state index contributed by atoms with van der Waals surface area (Å²) in [5.41, 5.74) is 3.11. The first-order chi connectivity index (χ1) is 13.6. The smallest absolute Gasteiger partial charge is 0.247 e. The molecule has 0 spiro atoms. The zero-order valence-corrected chi connectivity index (χ0v) is 16.8. The van der Waals surface area contributed by atoms with Crippen LogP contribution in [-0.2, 0) is 24.2 Å². The highest BCUT2D eigenvalue weighted by molar-refractivity contribution is 7.10. The molecule has 3 aromatic heterocycles. The van der Waals surface area contributed by atoms with Gasteiger partial charge < -0.3 is 14.3 Å². The van der Waals surface area contributed by atoms with E-state index in [9.17, 15) is 4.79 Å². The van der Waals surface area contributed by atoms with E-state index in [-0.39, 0.29) is 12.5 Å². The molecule has 3 heterocycles. The van der Waals surface area contributed by atoms with Crippen LogP contribution in [0.3, 0.4) is 0 Å². The third-order valence-electron chi connectivity index (χ3n) is 4.75. The summed E-state index contributed by atoms with van der Waals surface area (Å²) in [6, 6.07) is 10.1. The second kappa shape index (κ2) is 7.98. The highest BCUT2D eigenvalue weighted by atomic mass is 32.1. The van der Waals surface area contributed by atoms with Crippen LogP contribution in [0.5, 0.6) is 0 Å². The Morgan fingerprint density at radius 3 is 2.89 bits per heavy atom. The molecule has 6 nitrogen and oxygen atoms in total. The van der Waals surface area contributed by atoms with Gasteiger partial charge in [0.15, 0.2) is 0 Å². The van der Waals surface area contributed by atoms with E-state index in [1.54, 1.807) is 11.3 Å². The van der Waals surface area contributed by atoms with Crippen molar-refractivity contribution in [3.63, 3.8) is 0 Å². The fourth-order valence-corrected chi connectivity index (χ4v) is 4.06. The van der Waals surface area contributed by atoms with Crippen molar-refractivity contribution in [1.29, 1.82) is 0 Å². The molecule has 1 amide bonds. The lowest BCUT2D eigenvalue weighted by Gasteiger charge is -2.08. The highest BCUT2D eigenvalue weighted by Crippen LogP contribution is 2.24. The van der Waals surface area contributed by atoms with E-state index in [2.05, 4.69) is 33.9 Å². The van der Waals surface area contributed by atoms with Gasteiger partial charge in [0.1, 0.15) is 6.54 Å². The van der Waals surface area contributed by atoms with E-state index in [0.29, 0.717) is 24.7 Å². The van der Waals surface area contributed by atoms with Gasteiger partial charge in [-0.1, -0.05) is 13.0 Å². The average molecular weight is 395 g/mol. The van der Waals surface area contributed by atoms with Gasteiger partial charge in [-0.25, -0.2) is 0 Å². The van der Waals surface area contributed by atoms with Crippen LogP contribution in [0.15, 0.2) is 46.3 Å². The molecule has 0 unspecified atom stereocenters. The number of aromatic nitrogens is 3. The van der Waals surface area contributed by atoms with E-state index < -0.39 is 0 Å². The summed E-state index contributed by atoms with van der Waals surface area (Å²) >= 11 is 1.73. The summed E-state index contributed by atoms with van der Waals surface area (Å²) in [4.78, 5) is 13.7. The number of aryl methyl sites for hydroxylation is 2. The fraction of sp³-hybridized carbons (Fsp3) is 0.286. The van der Waals surface area contributed by atoms with Gasteiger partial charge in [-0.05, 0) is 53.9 Å². The maximum atomic E-state index is 12.4. The van der Waals surface area contributed by atoms with Crippen molar-refractivity contribution in [3.8, 4) is 11.5 Å². The van der Waals surface area contributed by atoms with Crippen LogP contribution >= 0.6 is 11.3 Å². The predicted octanol–water partition coefficient (Wildman–Crippen LogP) is 3.98. The Morgan fingerprint density at radius 1 is 1.25 bits per heavy atom. The molecule has 1 aromatic carbocycles. The molecule has 0 atom stereocenters. The Hall–Kier alpha value is -2.93. The van der Waals surface area contributed by atoms with Gasteiger partial charge in [0.2, 0.25) is 17.7 Å². The van der Waals surface area contributed by atoms with E-state index in [4.69, 9.17) is 4.42 Å². The molecule has 0 saturated carbocycles. The topological polar surface area (TPSA) is 73.0 Å². The first-order valence-corrected chi connectivity index (χ1v) is 10.2. The number of thiophene rings is 1. The molecule has 0 radical (unpaired) electrons. The molecule has 0 aliphatic carbocycles. The van der Waals surface area contributed by atoms with Gasteiger partial charge >= 0.3 is 0 Å². The van der Waals surface area contributed by atoms with Gasteiger partial charge in [0, 0.05) is 35.1 Å². The van der Waals surface area contributed by atoms with Gasteiger partial charge in [0.05, 0.1) is 0 Å². The molecule has 0 fully saturated rings. The molecule has 0 aliphatic rings. The van der Waals surface area contributed by atoms with Gasteiger partial charge in [-0.3, -0.25) is 4.79 Å². The van der Waals surface area contributed by atoms with E-state index in [1.165, 1.54) is 10.4 Å². The third-order valence-corrected chi connectivity index (χ3v) is 5.83. The van der Waals surface area contributed by atoms with E-state index >= 15 is 0 Å². The van der Waals surface area contributed by atoms with Gasteiger partial charge in [0.25, 0.3) is 0 Å². The number of carbonyl (C=O) groups is 1. The Bertz CT molecular complexity index is 1110. The van der Waals surface area contributed by atoms with Crippen LogP contribution in [0.25, 0.3) is 22.4 Å². The van der Waals surface area contributed by atoms with Crippen molar-refractivity contribution in [2.45, 2.75) is 33.2 Å². The quantitative estimate of drug-likeness (QED) is 0.514. The summed E-state index contributed by atoms with van der Waals surface area (Å²) in [7, 11) is 0. The second-order valence-electron chi connectivity index (χ2n) is 6.70. The van der Waals surface area contributed by atoms with E-state index in [1.807, 2.05) is 42.0 Å². The number of hydrogen-bond acceptors (Lipinski definition) is 5. The minimum Gasteiger partial charge on any atom is -0.421 e. The van der Waals surface area contributed by atoms with Crippen LogP contribution in [0, 0.1) is 6.92 Å². The Labute approximate surface area is 167 Å². The summed E-state index contributed by atoms with van der Waals surface area (Å²) in [6.07, 6.45) is 3.50. The Morgan fingerprint density at radius 2 is 2.14 bits per heavy atom. The molecule has 4 aromatic rings. The van der Waals surface area contributed by atoms with Crippen molar-refractivity contribution in [3.05, 3.63) is 58.2 Å². The summed E-state index contributed by atoms with van der Waals surface area (Å²) in [5, 5.41) is 14.3. The monoisotopic (exact) mass is 394 g/mol. The minimum absolute atomic E-state index is 0.00294. The van der Waals surface area contributed by atoms with Crippen molar-refractivity contribution in [1.82, 2.24) is 20.1 Å². The van der Waals surface area contributed by atoms with Crippen LogP contribution in [-0.4, -0.2) is 27.2 Å². The minimum atomic E-state index is 0.00294. The first kappa shape index (κ1) is 18.4. The maximum absolute atomic E-state index is 12.4. The number of fused-ring (bicyclic) bond motifs is 1. The van der Waals surface area contributed by atoms with Crippen LogP contribution in [0.2, 0.25) is 0 Å². The fourth-order valence-electron chi connectivity index (χ4n) is 3.15. The summed E-state index contributed by atoms with van der Waals surface area (Å²) < 4.78 is 7.60. The van der Waals surface area contributed by atoms with Crippen molar-refractivity contribution < 1.29 is 9.21 Å². The average Bonchev–Trinajstić information content (AvgIpc) is 3.42. The number of nitrogens with zero attached hydrogens (tertiary/aromatic N) is 3. The van der Waals surface area contributed by atoms with E-state index in [0.717, 1.165) is 22.9 Å². The molecule has 4 rings (SSSR count). The zero-order chi connectivity index (χ0) is 19.5. The number of rotatable bonds is 7. The number of hydrogen-bond donors (Lipinski definition) is 1. The lowest BCUT2D eigenvalue weighted by Crippen LogP contribution is -2.29. The standard InChI is InChI=1S/C21H22N4O2S/c1-3-20-23-24-21(27-20)16-5-4-15-7-10-25(17(15)12-16)13-19(26)22-9-6-18-14(2)8-11-28-18/h4-5,7-8,10-12H,3,6,9,13H2,1-2H3,(H,22,26). The van der Waals surface area contributed by atoms with Crippen molar-refractivity contribution in [2.24, 2.45) is 0 Å². The number of amides is 1. The summed E-state index contributed by atoms with van der Waals surface area (Å²) in [5.74, 6) is 1.12. The number of benzene rings is 1. The SMILES string of the molecule is CCc1nnc(-c2ccc3ccn(CC(=O)NCCc4sccc4C)c3c2)o1. The largest absolute Gasteiger partial charge is 0.421 e. The lowest BCUT2D eigenvalue weighted by atomic mass is 10.1. The van der Waals surface area contributed by atoms with Crippen LogP contribution in [0.1, 0.15) is 23.3 Å². The molecular formula is C21H22N4O2S. The normalized spacial score (nSPS) is 11.2. The van der Waals surface area contributed by atoms with Crippen LogP contribution in [0.4, 0.5) is 0 Å². The van der Waals surface area contributed by atoms with Crippen molar-refractivity contribution >= 4 is 28.1 Å². The zero-order valence-electron chi connectivity index (χ0n) is 15.9. The number of nitrogens with one attached hydrogen (secondary N) is 1. The van der Waals surface area contributed by atoms with Crippen molar-refractivity contribution in [2.75, 3.05) is 6.54 Å². The predicted molar refractivity (Wildman–Crippen MR) is 110 cm³/mol. The Balaban J connectivity index is 1.45. The molecule has 0 aliphatic heterocycles. The molecule has 0 saturated heterocycles. The van der Waals surface area contributed by atoms with Gasteiger partial charge in [-0.15, -0.1) is 21.5 Å². The van der Waals surface area contributed by atoms with Gasteiger partial charge in [-0.2, -0.15) is 0 Å². The molecular weight excluding hydrogens is 372 g/mol. The third kappa shape index (κ3) is 3.84. The first-order valence-electron chi connectivity index (χ1n) is 9.35. The molecule has 1 N–H and O–H groups in total. The maximum Gasteiger partial charge on any atom is 0.247 e. The molecule has 7 heteroatoms. The Kier molecular flexibility index (Phi) is 5.25. The molecule has 144 valence electrons. The molecule has 28 heavy (non-hydrogen) atoms. The van der Waals surface area contributed by atoms with Crippen LogP contribution < -0.4 is 5.32 Å².